The molecule has 2 heterocycles. The summed E-state index contributed by atoms with van der Waals surface area (Å²) in [6.45, 7) is 11.1. The molecule has 1 aromatic heterocycles. The van der Waals surface area contributed by atoms with Crippen LogP contribution in [-0.4, -0.2) is 80.8 Å². The van der Waals surface area contributed by atoms with Gasteiger partial charge in [-0.15, -0.1) is 35.3 Å². The third-order valence-electron chi connectivity index (χ3n) is 4.15. The monoisotopic (exact) mass is 497 g/mol. The molecule has 1 atom stereocenters. The van der Waals surface area contributed by atoms with Gasteiger partial charge in [0.1, 0.15) is 11.1 Å². The van der Waals surface area contributed by atoms with Gasteiger partial charge in [0, 0.05) is 45.7 Å². The first-order valence-electron chi connectivity index (χ1n) is 8.90. The number of halogens is 1. The van der Waals surface area contributed by atoms with Crippen LogP contribution in [0.3, 0.4) is 0 Å². The summed E-state index contributed by atoms with van der Waals surface area (Å²) in [5.74, 6) is 0.921. The Morgan fingerprint density at radius 1 is 1.50 bits per heavy atom. The third-order valence-corrected chi connectivity index (χ3v) is 5.20. The fourth-order valence-electron chi connectivity index (χ4n) is 2.59. The van der Waals surface area contributed by atoms with Crippen LogP contribution in [0.25, 0.3) is 0 Å². The average Bonchev–Trinajstić information content (AvgIpc) is 3.09. The number of thiazole rings is 1. The lowest BCUT2D eigenvalue weighted by atomic mass is 10.4. The molecule has 0 aliphatic carbocycles. The van der Waals surface area contributed by atoms with Crippen LogP contribution in [0.1, 0.15) is 30.7 Å². The van der Waals surface area contributed by atoms with Gasteiger partial charge in [0.15, 0.2) is 5.96 Å². The van der Waals surface area contributed by atoms with Gasteiger partial charge in [-0.3, -0.25) is 9.89 Å². The lowest BCUT2D eigenvalue weighted by Gasteiger charge is -2.26. The first-order chi connectivity index (χ1) is 12.1. The second-order valence-corrected chi connectivity index (χ2v) is 6.99. The van der Waals surface area contributed by atoms with Gasteiger partial charge in [0.2, 0.25) is 0 Å². The molecule has 1 fully saturated rings. The third kappa shape index (κ3) is 7.63. The van der Waals surface area contributed by atoms with Crippen LogP contribution in [0, 0.1) is 0 Å². The molecule has 0 aromatic carbocycles. The van der Waals surface area contributed by atoms with Gasteiger partial charge in [-0.1, -0.05) is 0 Å². The number of ether oxygens (including phenoxy) is 2. The molecule has 0 saturated carbocycles. The van der Waals surface area contributed by atoms with E-state index in [1.165, 1.54) is 0 Å². The molecule has 1 aromatic rings. The van der Waals surface area contributed by atoms with Gasteiger partial charge in [0.05, 0.1) is 32.0 Å². The van der Waals surface area contributed by atoms with Crippen LogP contribution in [-0.2, 0) is 16.0 Å². The molecule has 1 N–H and O–H groups in total. The molecule has 9 heteroatoms. The van der Waals surface area contributed by atoms with Crippen molar-refractivity contribution in [3.8, 4) is 0 Å². The average molecular weight is 497 g/mol. The Balaban J connectivity index is 0.00000338. The normalized spacial score (nSPS) is 16.8. The number of guanidine groups is 1. The van der Waals surface area contributed by atoms with E-state index >= 15 is 0 Å². The van der Waals surface area contributed by atoms with Crippen molar-refractivity contribution >= 4 is 41.3 Å². The Morgan fingerprint density at radius 3 is 2.88 bits per heavy atom. The molecule has 1 aliphatic rings. The fraction of sp³-hybridized carbons (Fsp3) is 0.765. The molecule has 0 radical (unpaired) electrons. The summed E-state index contributed by atoms with van der Waals surface area (Å²) in [6.07, 6.45) is 0.0412. The maximum absolute atomic E-state index is 5.38. The minimum atomic E-state index is 0. The number of aliphatic imine (C=N–C) groups is 1. The highest BCUT2D eigenvalue weighted by molar-refractivity contribution is 14.0. The van der Waals surface area contributed by atoms with E-state index in [1.54, 1.807) is 18.4 Å². The van der Waals surface area contributed by atoms with Crippen molar-refractivity contribution in [2.24, 2.45) is 4.99 Å². The maximum atomic E-state index is 5.38. The number of hydrogen-bond donors (Lipinski definition) is 1. The smallest absolute Gasteiger partial charge is 0.194 e. The van der Waals surface area contributed by atoms with Gasteiger partial charge in [-0.2, -0.15) is 0 Å². The molecule has 1 saturated heterocycles. The molecular weight excluding hydrogens is 465 g/mol. The SMILES string of the molecule is CCNC(=NCCN1CCOCC1)N(C)Cc1csc(C(C)OC)n1.I. The van der Waals surface area contributed by atoms with Crippen molar-refractivity contribution in [1.82, 2.24) is 20.1 Å². The summed E-state index contributed by atoms with van der Waals surface area (Å²) < 4.78 is 10.7. The number of hydrogen-bond acceptors (Lipinski definition) is 6. The predicted octanol–water partition coefficient (Wildman–Crippen LogP) is 2.20. The van der Waals surface area contributed by atoms with Gasteiger partial charge in [-0.05, 0) is 13.8 Å². The van der Waals surface area contributed by atoms with E-state index in [4.69, 9.17) is 14.5 Å². The summed E-state index contributed by atoms with van der Waals surface area (Å²) >= 11 is 1.64. The van der Waals surface area contributed by atoms with Crippen molar-refractivity contribution < 1.29 is 9.47 Å². The second kappa shape index (κ2) is 12.8. The first-order valence-corrected chi connectivity index (χ1v) is 9.78. The number of aromatic nitrogens is 1. The van der Waals surface area contributed by atoms with Crippen LogP contribution < -0.4 is 5.32 Å². The summed E-state index contributed by atoms with van der Waals surface area (Å²) in [7, 11) is 3.76. The zero-order valence-electron chi connectivity index (χ0n) is 16.2. The molecule has 1 unspecified atom stereocenters. The summed E-state index contributed by atoms with van der Waals surface area (Å²) in [6, 6.07) is 0. The number of methoxy groups -OCH3 is 1. The topological polar surface area (TPSA) is 62.2 Å². The highest BCUT2D eigenvalue weighted by Gasteiger charge is 2.13. The number of nitrogens with one attached hydrogen (secondary N) is 1. The lowest BCUT2D eigenvalue weighted by molar-refractivity contribution is 0.0394. The highest BCUT2D eigenvalue weighted by Crippen LogP contribution is 2.20. The molecule has 0 amide bonds. The van der Waals surface area contributed by atoms with Crippen molar-refractivity contribution in [1.29, 1.82) is 0 Å². The zero-order chi connectivity index (χ0) is 18.1. The van der Waals surface area contributed by atoms with Gasteiger partial charge < -0.3 is 19.7 Å². The lowest BCUT2D eigenvalue weighted by Crippen LogP contribution is -2.40. The van der Waals surface area contributed by atoms with Crippen molar-refractivity contribution in [2.75, 3.05) is 60.1 Å². The molecule has 0 spiro atoms. The fourth-order valence-corrected chi connectivity index (χ4v) is 3.43. The second-order valence-electron chi connectivity index (χ2n) is 6.10. The number of rotatable bonds is 8. The Morgan fingerprint density at radius 2 is 2.23 bits per heavy atom. The molecule has 26 heavy (non-hydrogen) atoms. The number of nitrogens with zero attached hydrogens (tertiary/aromatic N) is 4. The van der Waals surface area contributed by atoms with Crippen molar-refractivity contribution in [2.45, 2.75) is 26.5 Å². The van der Waals surface area contributed by atoms with Crippen LogP contribution in [0.15, 0.2) is 10.4 Å². The van der Waals surface area contributed by atoms with E-state index in [9.17, 15) is 0 Å². The van der Waals surface area contributed by atoms with Gasteiger partial charge in [0.25, 0.3) is 0 Å². The molecule has 2 rings (SSSR count). The van der Waals surface area contributed by atoms with Crippen LogP contribution in [0.5, 0.6) is 0 Å². The summed E-state index contributed by atoms with van der Waals surface area (Å²) in [5.41, 5.74) is 1.05. The van der Waals surface area contributed by atoms with E-state index in [-0.39, 0.29) is 30.1 Å². The quantitative estimate of drug-likeness (QED) is 0.338. The highest BCUT2D eigenvalue weighted by atomic mass is 127. The van der Waals surface area contributed by atoms with Gasteiger partial charge >= 0.3 is 0 Å². The van der Waals surface area contributed by atoms with E-state index in [0.717, 1.165) is 69.1 Å². The number of morpholine rings is 1. The molecule has 7 nitrogen and oxygen atoms in total. The largest absolute Gasteiger partial charge is 0.379 e. The minimum Gasteiger partial charge on any atom is -0.379 e. The molecular formula is C17H32IN5O2S. The van der Waals surface area contributed by atoms with E-state index in [1.807, 2.05) is 6.92 Å². The Labute approximate surface area is 178 Å². The minimum absolute atomic E-state index is 0. The van der Waals surface area contributed by atoms with Gasteiger partial charge in [-0.25, -0.2) is 4.98 Å². The van der Waals surface area contributed by atoms with E-state index in [2.05, 4.69) is 39.5 Å². The maximum Gasteiger partial charge on any atom is 0.194 e. The van der Waals surface area contributed by atoms with Crippen molar-refractivity contribution in [3.05, 3.63) is 16.1 Å². The van der Waals surface area contributed by atoms with Crippen LogP contribution in [0.4, 0.5) is 0 Å². The Bertz CT molecular complexity index is 537. The van der Waals surface area contributed by atoms with E-state index in [0.29, 0.717) is 0 Å². The van der Waals surface area contributed by atoms with Crippen LogP contribution >= 0.6 is 35.3 Å². The molecule has 150 valence electrons. The molecule has 1 aliphatic heterocycles. The van der Waals surface area contributed by atoms with Crippen molar-refractivity contribution in [3.63, 3.8) is 0 Å². The molecule has 0 bridgehead atoms. The van der Waals surface area contributed by atoms with E-state index < -0.39 is 0 Å². The van der Waals surface area contributed by atoms with Crippen LogP contribution in [0.2, 0.25) is 0 Å². The Hall–Kier alpha value is -0.490. The predicted molar refractivity (Wildman–Crippen MR) is 118 cm³/mol. The zero-order valence-corrected chi connectivity index (χ0v) is 19.4. The standard InChI is InChI=1S/C17H31N5O2S.HI/c1-5-18-17(19-6-7-22-8-10-24-11-9-22)21(3)12-15-13-25-16(20-15)14(2)23-4;/h13-14H,5-12H2,1-4H3,(H,18,19);1H. The summed E-state index contributed by atoms with van der Waals surface area (Å²) in [5, 5.41) is 6.47. The Kier molecular flexibility index (Phi) is 11.6. The first kappa shape index (κ1) is 23.5. The summed E-state index contributed by atoms with van der Waals surface area (Å²) in [4.78, 5) is 13.9.